The van der Waals surface area contributed by atoms with E-state index in [1.54, 1.807) is 25.0 Å². The predicted molar refractivity (Wildman–Crippen MR) is 97.3 cm³/mol. The van der Waals surface area contributed by atoms with Crippen LogP contribution in [-0.4, -0.2) is 39.2 Å². The fourth-order valence-electron chi connectivity index (χ4n) is 4.52. The van der Waals surface area contributed by atoms with Gasteiger partial charge in [-0.15, -0.1) is 0 Å². The number of rotatable bonds is 3. The Labute approximate surface area is 151 Å². The smallest absolute Gasteiger partial charge is 0.264 e. The normalized spacial score (nSPS) is 32.7. The Kier molecular flexibility index (Phi) is 4.43. The third-order valence-corrected chi connectivity index (χ3v) is 8.42. The quantitative estimate of drug-likeness (QED) is 0.606. The number of aliphatic hydroxyl groups is 1. The zero-order valence-electron chi connectivity index (χ0n) is 14.3. The monoisotopic (exact) mass is 415 g/mol. The van der Waals surface area contributed by atoms with Crippen molar-refractivity contribution < 1.29 is 18.7 Å². The van der Waals surface area contributed by atoms with Gasteiger partial charge in [-0.2, -0.15) is 0 Å². The number of benzene rings is 1. The molecule has 0 aliphatic carbocycles. The van der Waals surface area contributed by atoms with Crippen LogP contribution in [-0.2, 0) is 15.1 Å². The molecule has 4 atom stereocenters. The number of nitrogens with zero attached hydrogens (tertiary/aromatic N) is 1. The molecule has 132 valence electrons. The van der Waals surface area contributed by atoms with Gasteiger partial charge in [-0.3, -0.25) is 4.79 Å². The zero-order chi connectivity index (χ0) is 17.9. The van der Waals surface area contributed by atoms with Crippen LogP contribution in [0.4, 0.5) is 9.80 Å². The average Bonchev–Trinajstić information content (AvgIpc) is 2.88. The van der Waals surface area contributed by atoms with Gasteiger partial charge in [0.1, 0.15) is 0 Å². The van der Waals surface area contributed by atoms with Gasteiger partial charge in [0.25, 0.3) is 5.91 Å². The van der Waals surface area contributed by atoms with Gasteiger partial charge in [0, 0.05) is 35.1 Å². The molecule has 0 saturated carbocycles. The summed E-state index contributed by atoms with van der Waals surface area (Å²) in [6.45, 7) is 5.15. The molecule has 2 aliphatic heterocycles. The van der Waals surface area contributed by atoms with Crippen LogP contribution in [0.5, 0.6) is 0 Å². The molecule has 0 unspecified atom stereocenters. The van der Waals surface area contributed by atoms with E-state index in [-0.39, 0.29) is 24.0 Å². The van der Waals surface area contributed by atoms with Gasteiger partial charge in [-0.1, -0.05) is 22.9 Å². The molecule has 0 bridgehead atoms. The van der Waals surface area contributed by atoms with E-state index in [4.69, 9.17) is 4.74 Å². The first-order valence-corrected chi connectivity index (χ1v) is 11.9. The summed E-state index contributed by atoms with van der Waals surface area (Å²) in [7, 11) is -1.36. The lowest BCUT2D eigenvalue weighted by atomic mass is 9.82. The molecule has 2 heterocycles. The largest absolute Gasteiger partial charge is 0.396 e. The van der Waals surface area contributed by atoms with E-state index in [0.717, 1.165) is 15.7 Å². The number of carbonyl (C=O) groups excluding carboxylic acids is 1. The summed E-state index contributed by atoms with van der Waals surface area (Å²) >= 11 is 3.46. The van der Waals surface area contributed by atoms with Crippen molar-refractivity contribution in [1.82, 2.24) is 0 Å². The molecule has 0 radical (unpaired) electrons. The second-order valence-corrected chi connectivity index (χ2v) is 12.0. The Morgan fingerprint density at radius 2 is 2.12 bits per heavy atom. The molecule has 3 rings (SSSR count). The lowest BCUT2D eigenvalue weighted by molar-refractivity contribution is -0.146. The SMILES string of the molecule is C[C@@H]1[C@@H]([Si](C)(C)F)[C@H](CCO)O[C@@]12C(=O)N(C)c1ccc(Br)cc12. The number of fused-ring (bicyclic) bond motifs is 2. The van der Waals surface area contributed by atoms with Gasteiger partial charge in [-0.05, 0) is 37.7 Å². The molecule has 1 N–H and O–H groups in total. The standard InChI is InChI=1S/C17H23BrFNO3Si/c1-10-15(24(3,4)19)14(7-8-21)23-17(10)12-9-11(18)5-6-13(12)20(2)16(17)22/h5-6,9-10,14-15,21H,7-8H2,1-4H3/t10-,14+,15-,17+/m1/s1. The molecule has 4 nitrogen and oxygen atoms in total. The van der Waals surface area contributed by atoms with E-state index in [2.05, 4.69) is 15.9 Å². The third-order valence-electron chi connectivity index (χ3n) is 5.47. The van der Waals surface area contributed by atoms with Crippen molar-refractivity contribution >= 4 is 35.9 Å². The predicted octanol–water partition coefficient (Wildman–Crippen LogP) is 3.58. The van der Waals surface area contributed by atoms with Gasteiger partial charge in [-0.25, -0.2) is 0 Å². The topological polar surface area (TPSA) is 49.8 Å². The third kappa shape index (κ3) is 2.40. The molecule has 1 fully saturated rings. The second-order valence-electron chi connectivity index (χ2n) is 7.31. The highest BCUT2D eigenvalue weighted by molar-refractivity contribution is 9.10. The van der Waals surface area contributed by atoms with Crippen LogP contribution >= 0.6 is 15.9 Å². The summed E-state index contributed by atoms with van der Waals surface area (Å²) in [6, 6.07) is 5.67. The summed E-state index contributed by atoms with van der Waals surface area (Å²) in [5.74, 6) is -0.432. The summed E-state index contributed by atoms with van der Waals surface area (Å²) in [5.41, 5.74) is 0.0959. The molecule has 1 saturated heterocycles. The van der Waals surface area contributed by atoms with Crippen LogP contribution in [0.25, 0.3) is 0 Å². The molecule has 7 heteroatoms. The van der Waals surface area contributed by atoms with Crippen molar-refractivity contribution in [3.8, 4) is 0 Å². The highest BCUT2D eigenvalue weighted by Gasteiger charge is 2.66. The van der Waals surface area contributed by atoms with Crippen molar-refractivity contribution in [2.24, 2.45) is 5.92 Å². The molecule has 24 heavy (non-hydrogen) atoms. The number of carbonyl (C=O) groups is 1. The highest BCUT2D eigenvalue weighted by Crippen LogP contribution is 2.60. The van der Waals surface area contributed by atoms with Crippen molar-refractivity contribution in [2.75, 3.05) is 18.6 Å². The minimum atomic E-state index is -3.09. The lowest BCUT2D eigenvalue weighted by Crippen LogP contribution is -2.44. The molecule has 2 aliphatic rings. The number of aliphatic hydroxyl groups excluding tert-OH is 1. The summed E-state index contributed by atoms with van der Waals surface area (Å²) in [6.07, 6.45) is -0.101. The van der Waals surface area contributed by atoms with Crippen LogP contribution in [0.15, 0.2) is 22.7 Å². The van der Waals surface area contributed by atoms with Crippen LogP contribution in [0, 0.1) is 5.92 Å². The zero-order valence-corrected chi connectivity index (χ0v) is 16.9. The van der Waals surface area contributed by atoms with E-state index in [1.165, 1.54) is 0 Å². The van der Waals surface area contributed by atoms with Crippen LogP contribution < -0.4 is 4.90 Å². The Bertz CT molecular complexity index is 680. The molecular weight excluding hydrogens is 393 g/mol. The van der Waals surface area contributed by atoms with E-state index in [0.29, 0.717) is 6.42 Å². The van der Waals surface area contributed by atoms with E-state index >= 15 is 4.11 Å². The second kappa shape index (κ2) is 5.90. The van der Waals surface area contributed by atoms with E-state index < -0.39 is 20.1 Å². The summed E-state index contributed by atoms with van der Waals surface area (Å²) < 4.78 is 22.2. The first-order chi connectivity index (χ1) is 11.1. The minimum Gasteiger partial charge on any atom is -0.396 e. The number of amides is 1. The Morgan fingerprint density at radius 1 is 1.46 bits per heavy atom. The van der Waals surface area contributed by atoms with Gasteiger partial charge >= 0.3 is 0 Å². The van der Waals surface area contributed by atoms with E-state index in [9.17, 15) is 9.90 Å². The molecular formula is C17H23BrFNO3Si. The number of hydrogen-bond donors (Lipinski definition) is 1. The maximum Gasteiger partial charge on any atom is 0.264 e. The van der Waals surface area contributed by atoms with E-state index in [1.807, 2.05) is 25.1 Å². The Hall–Kier alpha value is -0.763. The molecule has 1 amide bonds. The van der Waals surface area contributed by atoms with Crippen molar-refractivity contribution in [3.63, 3.8) is 0 Å². The first-order valence-electron chi connectivity index (χ1n) is 8.20. The molecule has 1 spiro atoms. The maximum atomic E-state index is 15.1. The molecule has 1 aromatic carbocycles. The fraction of sp³-hybridized carbons (Fsp3) is 0.588. The Morgan fingerprint density at radius 3 is 2.71 bits per heavy atom. The van der Waals surface area contributed by atoms with Crippen LogP contribution in [0.1, 0.15) is 18.9 Å². The summed E-state index contributed by atoms with van der Waals surface area (Å²) in [5, 5.41) is 9.40. The minimum absolute atomic E-state index is 0.0795. The fourth-order valence-corrected chi connectivity index (χ4v) is 7.43. The van der Waals surface area contributed by atoms with Crippen LogP contribution in [0.2, 0.25) is 18.6 Å². The van der Waals surface area contributed by atoms with Crippen molar-refractivity contribution in [3.05, 3.63) is 28.2 Å². The summed E-state index contributed by atoms with van der Waals surface area (Å²) in [4.78, 5) is 14.7. The number of hydrogen-bond acceptors (Lipinski definition) is 3. The van der Waals surface area contributed by atoms with Crippen molar-refractivity contribution in [1.29, 1.82) is 0 Å². The molecule has 1 aromatic rings. The molecule has 0 aromatic heterocycles. The lowest BCUT2D eigenvalue weighted by Gasteiger charge is -2.31. The van der Waals surface area contributed by atoms with Gasteiger partial charge in [0.15, 0.2) is 5.60 Å². The number of halogens is 2. The van der Waals surface area contributed by atoms with Crippen molar-refractivity contribution in [2.45, 2.75) is 43.7 Å². The Balaban J connectivity index is 2.17. The number of anilines is 1. The first kappa shape index (κ1) is 18.0. The van der Waals surface area contributed by atoms with Gasteiger partial charge < -0.3 is 18.9 Å². The van der Waals surface area contributed by atoms with Gasteiger partial charge in [0.05, 0.1) is 11.8 Å². The van der Waals surface area contributed by atoms with Crippen LogP contribution in [0.3, 0.4) is 0 Å². The average molecular weight is 416 g/mol. The number of likely N-dealkylation sites (N-methyl/N-ethyl adjacent to an activating group) is 1. The highest BCUT2D eigenvalue weighted by atomic mass is 79.9. The number of ether oxygens (including phenoxy) is 1. The van der Waals surface area contributed by atoms with Gasteiger partial charge in [0.2, 0.25) is 8.41 Å². The maximum absolute atomic E-state index is 15.1.